The number of nitrogen functional groups attached to an aromatic ring is 1. The molecular formula is C15H19N3. The molecule has 0 radical (unpaired) electrons. The molecule has 3 rings (SSSR count). The maximum absolute atomic E-state index is 6.35. The minimum absolute atomic E-state index is 0.943. The maximum atomic E-state index is 6.35. The second-order valence-electron chi connectivity index (χ2n) is 5.25. The van der Waals surface area contributed by atoms with E-state index in [1.54, 1.807) is 0 Å². The predicted octanol–water partition coefficient (Wildman–Crippen LogP) is 2.76. The lowest BCUT2D eigenvalue weighted by molar-refractivity contribution is 0.673. The third kappa shape index (κ3) is 1.70. The van der Waals surface area contributed by atoms with Gasteiger partial charge in [0, 0.05) is 36.6 Å². The SMILES string of the molecule is CN(C)c1ccc2nc3c(c(N)c2c1)CCCC3. The van der Waals surface area contributed by atoms with E-state index in [0.717, 1.165) is 29.4 Å². The van der Waals surface area contributed by atoms with Gasteiger partial charge in [0.2, 0.25) is 0 Å². The second-order valence-corrected chi connectivity index (χ2v) is 5.25. The number of nitrogens with zero attached hydrogens (tertiary/aromatic N) is 2. The van der Waals surface area contributed by atoms with Crippen molar-refractivity contribution in [1.82, 2.24) is 4.98 Å². The Balaban J connectivity index is 2.26. The minimum Gasteiger partial charge on any atom is -0.398 e. The molecule has 0 fully saturated rings. The molecule has 1 aliphatic carbocycles. The number of hydrogen-bond acceptors (Lipinski definition) is 3. The maximum Gasteiger partial charge on any atom is 0.0727 e. The molecule has 0 saturated carbocycles. The minimum atomic E-state index is 0.943. The van der Waals surface area contributed by atoms with Crippen LogP contribution in [0, 0.1) is 0 Å². The van der Waals surface area contributed by atoms with Gasteiger partial charge in [0.25, 0.3) is 0 Å². The van der Waals surface area contributed by atoms with Crippen LogP contribution in [0.25, 0.3) is 10.9 Å². The zero-order valence-electron chi connectivity index (χ0n) is 11.0. The van der Waals surface area contributed by atoms with Gasteiger partial charge in [0.15, 0.2) is 0 Å². The van der Waals surface area contributed by atoms with Gasteiger partial charge in [-0.1, -0.05) is 0 Å². The smallest absolute Gasteiger partial charge is 0.0727 e. The average Bonchev–Trinajstić information content (AvgIpc) is 2.38. The lowest BCUT2D eigenvalue weighted by Gasteiger charge is -2.20. The first-order chi connectivity index (χ1) is 8.66. The van der Waals surface area contributed by atoms with Gasteiger partial charge < -0.3 is 10.6 Å². The molecule has 0 bridgehead atoms. The van der Waals surface area contributed by atoms with Gasteiger partial charge in [-0.05, 0) is 49.4 Å². The van der Waals surface area contributed by atoms with E-state index < -0.39 is 0 Å². The fourth-order valence-corrected chi connectivity index (χ4v) is 2.73. The van der Waals surface area contributed by atoms with E-state index >= 15 is 0 Å². The molecule has 94 valence electrons. The molecule has 18 heavy (non-hydrogen) atoms. The fraction of sp³-hybridized carbons (Fsp3) is 0.400. The van der Waals surface area contributed by atoms with E-state index in [2.05, 4.69) is 23.1 Å². The number of aryl methyl sites for hydroxylation is 1. The Kier molecular flexibility index (Phi) is 2.62. The van der Waals surface area contributed by atoms with E-state index in [1.807, 2.05) is 14.1 Å². The summed E-state index contributed by atoms with van der Waals surface area (Å²) in [5.74, 6) is 0. The van der Waals surface area contributed by atoms with Gasteiger partial charge in [-0.2, -0.15) is 0 Å². The predicted molar refractivity (Wildman–Crippen MR) is 77.1 cm³/mol. The standard InChI is InChI=1S/C15H19N3/c1-18(2)10-7-8-14-12(9-10)15(16)11-5-3-4-6-13(11)17-14/h7-9H,3-6H2,1-2H3,(H2,16,17). The summed E-state index contributed by atoms with van der Waals surface area (Å²) in [7, 11) is 4.09. The number of benzene rings is 1. The van der Waals surface area contributed by atoms with Crippen LogP contribution in [-0.2, 0) is 12.8 Å². The van der Waals surface area contributed by atoms with E-state index in [4.69, 9.17) is 10.7 Å². The Morgan fingerprint density at radius 3 is 2.72 bits per heavy atom. The average molecular weight is 241 g/mol. The molecule has 2 aromatic rings. The Bertz CT molecular complexity index is 602. The summed E-state index contributed by atoms with van der Waals surface area (Å²) in [5, 5.41) is 1.10. The highest BCUT2D eigenvalue weighted by atomic mass is 15.1. The van der Waals surface area contributed by atoms with Gasteiger partial charge >= 0.3 is 0 Å². The number of rotatable bonds is 1. The molecule has 3 nitrogen and oxygen atoms in total. The van der Waals surface area contributed by atoms with Gasteiger partial charge in [0.1, 0.15) is 0 Å². The largest absolute Gasteiger partial charge is 0.398 e. The van der Waals surface area contributed by atoms with Crippen LogP contribution in [-0.4, -0.2) is 19.1 Å². The van der Waals surface area contributed by atoms with Crippen LogP contribution < -0.4 is 10.6 Å². The van der Waals surface area contributed by atoms with Gasteiger partial charge in [-0.25, -0.2) is 0 Å². The number of pyridine rings is 1. The van der Waals surface area contributed by atoms with E-state index in [9.17, 15) is 0 Å². The summed E-state index contributed by atoms with van der Waals surface area (Å²) >= 11 is 0. The van der Waals surface area contributed by atoms with Crippen molar-refractivity contribution in [3.63, 3.8) is 0 Å². The van der Waals surface area contributed by atoms with Crippen LogP contribution in [0.1, 0.15) is 24.1 Å². The molecule has 0 amide bonds. The molecule has 0 unspecified atom stereocenters. The van der Waals surface area contributed by atoms with Crippen LogP contribution in [0.5, 0.6) is 0 Å². The van der Waals surface area contributed by atoms with Gasteiger partial charge in [0.05, 0.1) is 5.52 Å². The third-order valence-electron chi connectivity index (χ3n) is 3.81. The summed E-state index contributed by atoms with van der Waals surface area (Å²) in [4.78, 5) is 6.87. The normalized spacial score (nSPS) is 14.6. The molecule has 1 aliphatic rings. The second kappa shape index (κ2) is 4.16. The monoisotopic (exact) mass is 241 g/mol. The Morgan fingerprint density at radius 2 is 1.94 bits per heavy atom. The number of anilines is 2. The highest BCUT2D eigenvalue weighted by Crippen LogP contribution is 2.32. The highest BCUT2D eigenvalue weighted by molar-refractivity contribution is 5.94. The van der Waals surface area contributed by atoms with Crippen LogP contribution in [0.2, 0.25) is 0 Å². The number of aromatic nitrogens is 1. The summed E-state index contributed by atoms with van der Waals surface area (Å²) in [6.45, 7) is 0. The first kappa shape index (κ1) is 11.3. The van der Waals surface area contributed by atoms with Crippen molar-refractivity contribution in [3.05, 3.63) is 29.5 Å². The molecule has 2 N–H and O–H groups in total. The summed E-state index contributed by atoms with van der Waals surface area (Å²) < 4.78 is 0. The first-order valence-electron chi connectivity index (χ1n) is 6.55. The Labute approximate surface area is 108 Å². The van der Waals surface area contributed by atoms with Crippen LogP contribution >= 0.6 is 0 Å². The van der Waals surface area contributed by atoms with E-state index in [-0.39, 0.29) is 0 Å². The van der Waals surface area contributed by atoms with Gasteiger partial charge in [-0.3, -0.25) is 4.98 Å². The van der Waals surface area contributed by atoms with Crippen molar-refractivity contribution in [2.45, 2.75) is 25.7 Å². The lowest BCUT2D eigenvalue weighted by Crippen LogP contribution is -2.11. The van der Waals surface area contributed by atoms with Crippen LogP contribution in [0.3, 0.4) is 0 Å². The molecule has 3 heteroatoms. The molecule has 1 aromatic carbocycles. The van der Waals surface area contributed by atoms with Crippen molar-refractivity contribution in [1.29, 1.82) is 0 Å². The van der Waals surface area contributed by atoms with Crippen LogP contribution in [0.4, 0.5) is 11.4 Å². The molecular weight excluding hydrogens is 222 g/mol. The quantitative estimate of drug-likeness (QED) is 0.834. The number of nitrogens with two attached hydrogens (primary N) is 1. The van der Waals surface area contributed by atoms with Crippen molar-refractivity contribution in [3.8, 4) is 0 Å². The van der Waals surface area contributed by atoms with Crippen molar-refractivity contribution in [2.75, 3.05) is 24.7 Å². The Morgan fingerprint density at radius 1 is 1.17 bits per heavy atom. The fourth-order valence-electron chi connectivity index (χ4n) is 2.73. The van der Waals surface area contributed by atoms with Crippen molar-refractivity contribution in [2.24, 2.45) is 0 Å². The summed E-state index contributed by atoms with van der Waals surface area (Å²) in [6, 6.07) is 6.33. The summed E-state index contributed by atoms with van der Waals surface area (Å²) in [6.07, 6.45) is 4.62. The lowest BCUT2D eigenvalue weighted by atomic mass is 9.93. The first-order valence-corrected chi connectivity index (χ1v) is 6.55. The number of hydrogen-bond donors (Lipinski definition) is 1. The molecule has 0 aliphatic heterocycles. The summed E-state index contributed by atoms with van der Waals surface area (Å²) in [5.41, 5.74) is 12.0. The molecule has 0 spiro atoms. The van der Waals surface area contributed by atoms with E-state index in [1.165, 1.54) is 29.8 Å². The molecule has 1 aromatic heterocycles. The van der Waals surface area contributed by atoms with E-state index in [0.29, 0.717) is 0 Å². The van der Waals surface area contributed by atoms with Crippen molar-refractivity contribution >= 4 is 22.3 Å². The number of fused-ring (bicyclic) bond motifs is 2. The van der Waals surface area contributed by atoms with Crippen LogP contribution in [0.15, 0.2) is 18.2 Å². The zero-order chi connectivity index (χ0) is 12.7. The van der Waals surface area contributed by atoms with Gasteiger partial charge in [-0.15, -0.1) is 0 Å². The Hall–Kier alpha value is -1.77. The zero-order valence-corrected chi connectivity index (χ0v) is 11.0. The third-order valence-corrected chi connectivity index (χ3v) is 3.81. The molecule has 0 saturated heterocycles. The molecule has 0 atom stereocenters. The molecule has 1 heterocycles. The van der Waals surface area contributed by atoms with Crippen molar-refractivity contribution < 1.29 is 0 Å². The topological polar surface area (TPSA) is 42.2 Å². The highest BCUT2D eigenvalue weighted by Gasteiger charge is 2.16.